The summed E-state index contributed by atoms with van der Waals surface area (Å²) in [5, 5.41) is 1.99. The van der Waals surface area contributed by atoms with Crippen LogP contribution in [0.15, 0.2) is 17.6 Å². The van der Waals surface area contributed by atoms with Crippen molar-refractivity contribution in [1.82, 2.24) is 15.3 Å². The second kappa shape index (κ2) is 11.8. The normalized spacial score (nSPS) is 14.9. The van der Waals surface area contributed by atoms with Gasteiger partial charge in [0.1, 0.15) is 0 Å². The fourth-order valence-electron chi connectivity index (χ4n) is 3.29. The molecule has 1 N–H and O–H groups in total. The largest absolute Gasteiger partial charge is 0.328 e. The summed E-state index contributed by atoms with van der Waals surface area (Å²) in [6.07, 6.45) is 14.2. The zero-order chi connectivity index (χ0) is 21.1. The van der Waals surface area contributed by atoms with Crippen molar-refractivity contribution >= 4 is 27.5 Å². The molecule has 1 fully saturated rings. The van der Waals surface area contributed by atoms with Crippen molar-refractivity contribution in [3.63, 3.8) is 0 Å². The molecule has 0 spiro atoms. The van der Waals surface area contributed by atoms with Crippen molar-refractivity contribution in [2.45, 2.75) is 82.7 Å². The Balaban J connectivity index is 1.71. The van der Waals surface area contributed by atoms with Crippen LogP contribution in [-0.4, -0.2) is 42.6 Å². The number of carbonyl (C=O) groups excluding carboxylic acids is 2. The van der Waals surface area contributed by atoms with Gasteiger partial charge in [-0.25, -0.2) is 23.2 Å². The van der Waals surface area contributed by atoms with Gasteiger partial charge in [0.2, 0.25) is 20.9 Å². The SMILES string of the molecule is CCCCCCCCCCCCS(=O)(=O)c1ncc(N2CCC(=O)NC2=O)cn1. The van der Waals surface area contributed by atoms with Crippen LogP contribution in [0.1, 0.15) is 77.6 Å². The predicted octanol–water partition coefficient (Wildman–Crippen LogP) is 3.62. The molecular formula is C20H32N4O4S. The molecule has 162 valence electrons. The monoisotopic (exact) mass is 424 g/mol. The van der Waals surface area contributed by atoms with E-state index in [0.717, 1.165) is 19.3 Å². The number of carbonyl (C=O) groups is 2. The van der Waals surface area contributed by atoms with Gasteiger partial charge in [-0.1, -0.05) is 64.7 Å². The number of hydrogen-bond acceptors (Lipinski definition) is 6. The summed E-state index contributed by atoms with van der Waals surface area (Å²) >= 11 is 0. The summed E-state index contributed by atoms with van der Waals surface area (Å²) in [7, 11) is -3.53. The lowest BCUT2D eigenvalue weighted by atomic mass is 10.1. The van der Waals surface area contributed by atoms with E-state index in [4.69, 9.17) is 0 Å². The Labute approximate surface area is 173 Å². The third-order valence-electron chi connectivity index (χ3n) is 5.02. The second-order valence-electron chi connectivity index (χ2n) is 7.48. The van der Waals surface area contributed by atoms with Gasteiger partial charge in [0.15, 0.2) is 0 Å². The Morgan fingerprint density at radius 1 is 0.931 bits per heavy atom. The number of aromatic nitrogens is 2. The van der Waals surface area contributed by atoms with Crippen LogP contribution in [0.25, 0.3) is 0 Å². The van der Waals surface area contributed by atoms with Gasteiger partial charge >= 0.3 is 6.03 Å². The van der Waals surface area contributed by atoms with Gasteiger partial charge in [0, 0.05) is 13.0 Å². The van der Waals surface area contributed by atoms with Crippen molar-refractivity contribution in [1.29, 1.82) is 0 Å². The summed E-state index contributed by atoms with van der Waals surface area (Å²) < 4.78 is 24.8. The molecule has 0 bridgehead atoms. The first-order valence-electron chi connectivity index (χ1n) is 10.6. The maximum atomic E-state index is 12.4. The first-order valence-corrected chi connectivity index (χ1v) is 12.3. The third-order valence-corrected chi connectivity index (χ3v) is 6.62. The van der Waals surface area contributed by atoms with Crippen molar-refractivity contribution in [2.75, 3.05) is 17.2 Å². The molecule has 1 aliphatic rings. The summed E-state index contributed by atoms with van der Waals surface area (Å²) in [6, 6.07) is -0.550. The molecule has 0 unspecified atom stereocenters. The molecule has 1 aromatic rings. The van der Waals surface area contributed by atoms with Gasteiger partial charge in [-0.3, -0.25) is 15.0 Å². The summed E-state index contributed by atoms with van der Waals surface area (Å²) in [5.41, 5.74) is 0.368. The molecule has 0 saturated carbocycles. The fraction of sp³-hybridized carbons (Fsp3) is 0.700. The topological polar surface area (TPSA) is 109 Å². The molecule has 0 aromatic carbocycles. The summed E-state index contributed by atoms with van der Waals surface area (Å²) in [4.78, 5) is 32.2. The first kappa shape index (κ1) is 23.3. The molecule has 0 atom stereocenters. The van der Waals surface area contributed by atoms with Gasteiger partial charge < -0.3 is 0 Å². The Morgan fingerprint density at radius 3 is 2.03 bits per heavy atom. The van der Waals surface area contributed by atoms with Crippen molar-refractivity contribution in [3.05, 3.63) is 12.4 Å². The maximum absolute atomic E-state index is 12.4. The molecule has 0 aliphatic carbocycles. The smallest absolute Gasteiger partial charge is 0.291 e. The van der Waals surface area contributed by atoms with E-state index >= 15 is 0 Å². The summed E-state index contributed by atoms with van der Waals surface area (Å²) in [5.74, 6) is -0.301. The van der Waals surface area contributed by atoms with Crippen LogP contribution in [0.2, 0.25) is 0 Å². The van der Waals surface area contributed by atoms with E-state index in [9.17, 15) is 18.0 Å². The van der Waals surface area contributed by atoms with Crippen LogP contribution >= 0.6 is 0 Å². The highest BCUT2D eigenvalue weighted by atomic mass is 32.2. The fourth-order valence-corrected chi connectivity index (χ4v) is 4.48. The van der Waals surface area contributed by atoms with Gasteiger partial charge in [-0.15, -0.1) is 0 Å². The molecule has 2 heterocycles. The van der Waals surface area contributed by atoms with E-state index in [2.05, 4.69) is 22.2 Å². The number of sulfone groups is 1. The van der Waals surface area contributed by atoms with E-state index in [1.165, 1.54) is 55.8 Å². The van der Waals surface area contributed by atoms with E-state index in [1.54, 1.807) is 0 Å². The number of imide groups is 1. The molecule has 29 heavy (non-hydrogen) atoms. The molecule has 1 aliphatic heterocycles. The molecular weight excluding hydrogens is 392 g/mol. The zero-order valence-electron chi connectivity index (χ0n) is 17.2. The number of hydrogen-bond donors (Lipinski definition) is 1. The molecule has 3 amide bonds. The third kappa shape index (κ3) is 7.72. The highest BCUT2D eigenvalue weighted by molar-refractivity contribution is 7.91. The van der Waals surface area contributed by atoms with Gasteiger partial charge in [0.05, 0.1) is 23.8 Å². The van der Waals surface area contributed by atoms with Gasteiger partial charge in [-0.05, 0) is 6.42 Å². The number of rotatable bonds is 13. The lowest BCUT2D eigenvalue weighted by molar-refractivity contribution is -0.120. The van der Waals surface area contributed by atoms with Crippen LogP contribution in [0.3, 0.4) is 0 Å². The Morgan fingerprint density at radius 2 is 1.48 bits per heavy atom. The number of anilines is 1. The Bertz CT molecular complexity index is 765. The van der Waals surface area contributed by atoms with Crippen LogP contribution < -0.4 is 10.2 Å². The van der Waals surface area contributed by atoms with Gasteiger partial charge in [0.25, 0.3) is 0 Å². The average molecular weight is 425 g/mol. The van der Waals surface area contributed by atoms with Crippen LogP contribution in [0.5, 0.6) is 0 Å². The van der Waals surface area contributed by atoms with E-state index in [1.807, 2.05) is 0 Å². The zero-order valence-corrected chi connectivity index (χ0v) is 18.0. The minimum Gasteiger partial charge on any atom is -0.291 e. The molecule has 0 radical (unpaired) electrons. The Hall–Kier alpha value is -2.03. The van der Waals surface area contributed by atoms with Crippen molar-refractivity contribution < 1.29 is 18.0 Å². The van der Waals surface area contributed by atoms with Crippen LogP contribution in [-0.2, 0) is 14.6 Å². The molecule has 9 heteroatoms. The van der Waals surface area contributed by atoms with Gasteiger partial charge in [-0.2, -0.15) is 0 Å². The quantitative estimate of drug-likeness (QED) is 0.383. The molecule has 2 rings (SSSR count). The predicted molar refractivity (Wildman–Crippen MR) is 111 cm³/mol. The molecule has 1 aromatic heterocycles. The highest BCUT2D eigenvalue weighted by Gasteiger charge is 2.25. The lowest BCUT2D eigenvalue weighted by Gasteiger charge is -2.25. The minimum absolute atomic E-state index is 0.0293. The summed E-state index contributed by atoms with van der Waals surface area (Å²) in [6.45, 7) is 2.43. The molecule has 8 nitrogen and oxygen atoms in total. The standard InChI is InChI=1S/C20H32N4O4S/c1-2-3-4-5-6-7-8-9-10-11-14-29(27,28)19-21-15-17(16-22-19)24-13-12-18(25)23-20(24)26/h15-16H,2-14H2,1H3,(H,23,25,26). The Kier molecular flexibility index (Phi) is 9.50. The number of nitrogens with zero attached hydrogens (tertiary/aromatic N) is 3. The van der Waals surface area contributed by atoms with Crippen molar-refractivity contribution in [3.8, 4) is 0 Å². The minimum atomic E-state index is -3.53. The number of amides is 3. The molecule has 1 saturated heterocycles. The number of nitrogens with one attached hydrogen (secondary N) is 1. The first-order chi connectivity index (χ1) is 13.9. The number of urea groups is 1. The van der Waals surface area contributed by atoms with Crippen LogP contribution in [0, 0.1) is 0 Å². The van der Waals surface area contributed by atoms with E-state index in [0.29, 0.717) is 12.1 Å². The average Bonchev–Trinajstić information content (AvgIpc) is 2.69. The maximum Gasteiger partial charge on any atom is 0.328 e. The lowest BCUT2D eigenvalue weighted by Crippen LogP contribution is -2.49. The second-order valence-corrected chi connectivity index (χ2v) is 9.48. The van der Waals surface area contributed by atoms with E-state index < -0.39 is 15.9 Å². The van der Waals surface area contributed by atoms with Crippen LogP contribution in [0.4, 0.5) is 10.5 Å². The van der Waals surface area contributed by atoms with Crippen molar-refractivity contribution in [2.24, 2.45) is 0 Å². The highest BCUT2D eigenvalue weighted by Crippen LogP contribution is 2.17. The van der Waals surface area contributed by atoms with E-state index in [-0.39, 0.29) is 29.8 Å². The number of unbranched alkanes of at least 4 members (excludes halogenated alkanes) is 9.